The van der Waals surface area contributed by atoms with Gasteiger partial charge in [-0.3, -0.25) is 0 Å². The highest BCUT2D eigenvalue weighted by Crippen LogP contribution is 2.32. The Kier molecular flexibility index (Phi) is 5.22. The van der Waals surface area contributed by atoms with Crippen LogP contribution in [0.3, 0.4) is 0 Å². The van der Waals surface area contributed by atoms with E-state index in [4.69, 9.17) is 4.74 Å². The van der Waals surface area contributed by atoms with Crippen LogP contribution in [0.1, 0.15) is 60.0 Å². The molecule has 0 saturated carbocycles. The third kappa shape index (κ3) is 3.24. The summed E-state index contributed by atoms with van der Waals surface area (Å²) in [6.07, 6.45) is 3.95. The zero-order valence-corrected chi connectivity index (χ0v) is 13.7. The van der Waals surface area contributed by atoms with Crippen molar-refractivity contribution in [2.45, 2.75) is 66.0 Å². The first-order chi connectivity index (χ1) is 9.54. The summed E-state index contributed by atoms with van der Waals surface area (Å²) < 4.78 is 5.85. The van der Waals surface area contributed by atoms with Crippen LogP contribution in [0.2, 0.25) is 0 Å². The molecular weight excluding hydrogens is 246 g/mol. The first-order valence-corrected chi connectivity index (χ1v) is 7.96. The Morgan fingerprint density at radius 1 is 1.20 bits per heavy atom. The van der Waals surface area contributed by atoms with E-state index in [0.29, 0.717) is 12.1 Å². The molecule has 1 fully saturated rings. The van der Waals surface area contributed by atoms with E-state index < -0.39 is 0 Å². The summed E-state index contributed by atoms with van der Waals surface area (Å²) in [5, 5.41) is 3.68. The van der Waals surface area contributed by atoms with Gasteiger partial charge in [0.2, 0.25) is 0 Å². The van der Waals surface area contributed by atoms with Crippen LogP contribution in [0.4, 0.5) is 0 Å². The van der Waals surface area contributed by atoms with Gasteiger partial charge >= 0.3 is 0 Å². The summed E-state index contributed by atoms with van der Waals surface area (Å²) in [7, 11) is 0. The standard InChI is InChI=1S/C18H29NO/c1-6-19-17(11-16-8-7-9-20-16)18-14(4)12(2)10-13(3)15(18)5/h10,16-17,19H,6-9,11H2,1-5H3. The monoisotopic (exact) mass is 275 g/mol. The number of benzene rings is 1. The highest BCUT2D eigenvalue weighted by molar-refractivity contribution is 5.45. The van der Waals surface area contributed by atoms with Crippen molar-refractivity contribution in [3.05, 3.63) is 33.9 Å². The minimum atomic E-state index is 0.418. The van der Waals surface area contributed by atoms with Gasteiger partial charge in [-0.25, -0.2) is 0 Å². The molecule has 1 saturated heterocycles. The molecule has 20 heavy (non-hydrogen) atoms. The lowest BCUT2D eigenvalue weighted by atomic mass is 9.87. The smallest absolute Gasteiger partial charge is 0.0594 e. The third-order valence-electron chi connectivity index (χ3n) is 4.75. The zero-order chi connectivity index (χ0) is 14.7. The second-order valence-electron chi connectivity index (χ2n) is 6.16. The lowest BCUT2D eigenvalue weighted by Gasteiger charge is -2.27. The Morgan fingerprint density at radius 3 is 2.35 bits per heavy atom. The molecule has 0 aromatic heterocycles. The second kappa shape index (κ2) is 6.73. The largest absolute Gasteiger partial charge is 0.378 e. The number of hydrogen-bond acceptors (Lipinski definition) is 2. The van der Waals surface area contributed by atoms with Crippen LogP contribution in [-0.4, -0.2) is 19.3 Å². The molecule has 1 aromatic rings. The highest BCUT2D eigenvalue weighted by atomic mass is 16.5. The van der Waals surface area contributed by atoms with Gasteiger partial charge in [0.1, 0.15) is 0 Å². The van der Waals surface area contributed by atoms with Crippen LogP contribution < -0.4 is 5.32 Å². The van der Waals surface area contributed by atoms with Gasteiger partial charge < -0.3 is 10.1 Å². The summed E-state index contributed by atoms with van der Waals surface area (Å²) in [5.74, 6) is 0. The van der Waals surface area contributed by atoms with Gasteiger partial charge in [-0.1, -0.05) is 13.0 Å². The lowest BCUT2D eigenvalue weighted by Crippen LogP contribution is -2.27. The second-order valence-corrected chi connectivity index (χ2v) is 6.16. The molecule has 1 aromatic carbocycles. The zero-order valence-electron chi connectivity index (χ0n) is 13.7. The van der Waals surface area contributed by atoms with Crippen molar-refractivity contribution in [3.63, 3.8) is 0 Å². The van der Waals surface area contributed by atoms with Gasteiger partial charge in [-0.05, 0) is 81.3 Å². The van der Waals surface area contributed by atoms with Crippen molar-refractivity contribution in [1.29, 1.82) is 0 Å². The normalized spacial score (nSPS) is 20.4. The molecule has 2 unspecified atom stereocenters. The molecule has 0 bridgehead atoms. The van der Waals surface area contributed by atoms with E-state index in [9.17, 15) is 0 Å². The molecule has 0 spiro atoms. The molecule has 2 nitrogen and oxygen atoms in total. The third-order valence-corrected chi connectivity index (χ3v) is 4.75. The van der Waals surface area contributed by atoms with Crippen molar-refractivity contribution in [2.24, 2.45) is 0 Å². The fourth-order valence-electron chi connectivity index (χ4n) is 3.41. The highest BCUT2D eigenvalue weighted by Gasteiger charge is 2.24. The van der Waals surface area contributed by atoms with Crippen LogP contribution in [-0.2, 0) is 4.74 Å². The Bertz CT molecular complexity index is 435. The van der Waals surface area contributed by atoms with Gasteiger partial charge in [0.15, 0.2) is 0 Å². The van der Waals surface area contributed by atoms with E-state index in [1.165, 1.54) is 40.7 Å². The van der Waals surface area contributed by atoms with Crippen molar-refractivity contribution in [3.8, 4) is 0 Å². The quantitative estimate of drug-likeness (QED) is 0.872. The molecule has 0 radical (unpaired) electrons. The van der Waals surface area contributed by atoms with Gasteiger partial charge in [-0.15, -0.1) is 0 Å². The van der Waals surface area contributed by atoms with E-state index >= 15 is 0 Å². The van der Waals surface area contributed by atoms with Crippen LogP contribution in [0.15, 0.2) is 6.07 Å². The number of nitrogens with one attached hydrogen (secondary N) is 1. The van der Waals surface area contributed by atoms with Crippen LogP contribution in [0.5, 0.6) is 0 Å². The average molecular weight is 275 g/mol. The van der Waals surface area contributed by atoms with E-state index in [1.807, 2.05) is 0 Å². The molecular formula is C18H29NO. The van der Waals surface area contributed by atoms with Gasteiger partial charge in [-0.2, -0.15) is 0 Å². The maximum Gasteiger partial charge on any atom is 0.0594 e. The van der Waals surface area contributed by atoms with Gasteiger partial charge in [0.25, 0.3) is 0 Å². The van der Waals surface area contributed by atoms with Gasteiger partial charge in [0, 0.05) is 12.6 Å². The molecule has 2 heteroatoms. The predicted octanol–water partition coefficient (Wildman–Crippen LogP) is 4.14. The fraction of sp³-hybridized carbons (Fsp3) is 0.667. The first kappa shape index (κ1) is 15.5. The van der Waals surface area contributed by atoms with Crippen molar-refractivity contribution < 1.29 is 4.74 Å². The summed E-state index contributed by atoms with van der Waals surface area (Å²) in [6.45, 7) is 13.1. The Hall–Kier alpha value is -0.860. The van der Waals surface area contributed by atoms with Crippen molar-refractivity contribution in [2.75, 3.05) is 13.2 Å². The van der Waals surface area contributed by atoms with Gasteiger partial charge in [0.05, 0.1) is 6.10 Å². The average Bonchev–Trinajstić information content (AvgIpc) is 2.90. The molecule has 1 N–H and O–H groups in total. The summed E-state index contributed by atoms with van der Waals surface area (Å²) in [5.41, 5.74) is 7.19. The summed E-state index contributed by atoms with van der Waals surface area (Å²) >= 11 is 0. The molecule has 0 amide bonds. The van der Waals surface area contributed by atoms with Crippen LogP contribution >= 0.6 is 0 Å². The molecule has 1 heterocycles. The van der Waals surface area contributed by atoms with E-state index in [0.717, 1.165) is 19.6 Å². The fourth-order valence-corrected chi connectivity index (χ4v) is 3.41. The van der Waals surface area contributed by atoms with E-state index in [2.05, 4.69) is 46.0 Å². The van der Waals surface area contributed by atoms with Crippen LogP contribution in [0.25, 0.3) is 0 Å². The summed E-state index contributed by atoms with van der Waals surface area (Å²) in [6, 6.07) is 2.73. The lowest BCUT2D eigenvalue weighted by molar-refractivity contribution is 0.0946. The molecule has 2 atom stereocenters. The number of hydrogen-bond donors (Lipinski definition) is 1. The predicted molar refractivity (Wildman–Crippen MR) is 85.4 cm³/mol. The number of aryl methyl sites for hydroxylation is 2. The maximum atomic E-state index is 5.85. The minimum Gasteiger partial charge on any atom is -0.378 e. The maximum absolute atomic E-state index is 5.85. The van der Waals surface area contributed by atoms with E-state index in [-0.39, 0.29) is 0 Å². The Morgan fingerprint density at radius 2 is 1.85 bits per heavy atom. The Balaban J connectivity index is 2.32. The molecule has 112 valence electrons. The number of rotatable bonds is 5. The van der Waals surface area contributed by atoms with Crippen LogP contribution in [0, 0.1) is 27.7 Å². The minimum absolute atomic E-state index is 0.418. The van der Waals surface area contributed by atoms with E-state index in [1.54, 1.807) is 0 Å². The SMILES string of the molecule is CCNC(CC1CCCO1)c1c(C)c(C)cc(C)c1C. The molecule has 1 aliphatic rings. The van der Waals surface area contributed by atoms with Crippen molar-refractivity contribution in [1.82, 2.24) is 5.32 Å². The number of ether oxygens (including phenoxy) is 1. The van der Waals surface area contributed by atoms with Crippen molar-refractivity contribution >= 4 is 0 Å². The molecule has 0 aliphatic carbocycles. The molecule has 2 rings (SSSR count). The Labute approximate surface area is 123 Å². The summed E-state index contributed by atoms with van der Waals surface area (Å²) in [4.78, 5) is 0. The molecule has 1 aliphatic heterocycles. The topological polar surface area (TPSA) is 21.3 Å². The first-order valence-electron chi connectivity index (χ1n) is 7.96.